The van der Waals surface area contributed by atoms with Crippen molar-refractivity contribution in [1.82, 2.24) is 0 Å². The van der Waals surface area contributed by atoms with Gasteiger partial charge >= 0.3 is 88.4 Å². The second kappa shape index (κ2) is 23.0. The van der Waals surface area contributed by atoms with Gasteiger partial charge in [-0.1, -0.05) is 0 Å². The molecule has 0 aromatic rings. The Morgan fingerprint density at radius 2 is 0.650 bits per heavy atom. The van der Waals surface area contributed by atoms with Crippen LogP contribution in [0.2, 0.25) is 0 Å². The molecule has 14 N–H and O–H groups in total. The van der Waals surface area contributed by atoms with E-state index in [0.29, 0.717) is 0 Å². The van der Waals surface area contributed by atoms with E-state index in [-0.39, 0.29) is 97.4 Å². The number of hydrogen-bond acceptors (Lipinski definition) is 7. The summed E-state index contributed by atoms with van der Waals surface area (Å²) in [4.78, 5) is 0. The van der Waals surface area contributed by atoms with Crippen molar-refractivity contribution in [3.8, 4) is 0 Å². The molecule has 14 nitrogen and oxygen atoms in total. The van der Waals surface area contributed by atoms with Gasteiger partial charge in [0.15, 0.2) is 0 Å². The van der Waals surface area contributed by atoms with Crippen molar-refractivity contribution in [2.75, 3.05) is 0 Å². The third-order valence-electron chi connectivity index (χ3n) is 1.11. The molecular formula is H14B4Na2O14. The molecule has 2 rings (SSSR count). The molecule has 20 heteroatoms. The molecule has 0 radical (unpaired) electrons. The molecule has 0 amide bonds. The molecule has 0 unspecified atom stereocenters. The van der Waals surface area contributed by atoms with Gasteiger partial charge in [-0.15, -0.1) is 0 Å². The fourth-order valence-corrected chi connectivity index (χ4v) is 0.710. The predicted molar refractivity (Wildman–Crippen MR) is 53.7 cm³/mol. The van der Waals surface area contributed by atoms with Gasteiger partial charge in [-0.25, -0.2) is 0 Å². The summed E-state index contributed by atoms with van der Waals surface area (Å²) in [7, 11) is -6.00. The minimum absolute atomic E-state index is 0. The van der Waals surface area contributed by atoms with Crippen molar-refractivity contribution in [2.45, 2.75) is 0 Å². The van der Waals surface area contributed by atoms with E-state index >= 15 is 0 Å². The van der Waals surface area contributed by atoms with Crippen LogP contribution in [0, 0.1) is 0 Å². The summed E-state index contributed by atoms with van der Waals surface area (Å²) in [5.41, 5.74) is 0. The summed E-state index contributed by atoms with van der Waals surface area (Å²) in [6.45, 7) is 0. The Hall–Kier alpha value is 1.70. The number of hydrogen-bond donors (Lipinski definition) is 0. The second-order valence-electron chi connectivity index (χ2n) is 1.84. The molecule has 2 bridgehead atoms. The van der Waals surface area contributed by atoms with Crippen molar-refractivity contribution in [1.29, 1.82) is 0 Å². The number of rotatable bonds is 0. The van der Waals surface area contributed by atoms with Crippen LogP contribution in [0.5, 0.6) is 0 Å². The van der Waals surface area contributed by atoms with Gasteiger partial charge in [0, 0.05) is 0 Å². The van der Waals surface area contributed by atoms with Crippen molar-refractivity contribution in [3.05, 3.63) is 0 Å². The van der Waals surface area contributed by atoms with Crippen LogP contribution < -0.4 is 69.2 Å². The predicted octanol–water partition coefficient (Wildman–Crippen LogP) is -16.0. The van der Waals surface area contributed by atoms with Crippen LogP contribution in [0.1, 0.15) is 0 Å². The molecule has 20 heavy (non-hydrogen) atoms. The standard InChI is InChI=1S/B4O7.2Na.7H2O/c5-1-7-3-9-2(6)10-4(8-1)11-3;;;;;;;;;/h;;;7*1H2/q-2;2*+1;;;;;;;. The molecule has 0 spiro atoms. The Morgan fingerprint density at radius 3 is 0.850 bits per heavy atom. The third kappa shape index (κ3) is 14.6. The topological polar surface area (TPSA) is 313 Å². The van der Waals surface area contributed by atoms with Crippen LogP contribution in [0.25, 0.3) is 0 Å². The minimum Gasteiger partial charge on any atom is -0.833 e. The van der Waals surface area contributed by atoms with E-state index in [9.17, 15) is 10.0 Å². The second-order valence-corrected chi connectivity index (χ2v) is 1.84. The van der Waals surface area contributed by atoms with Crippen molar-refractivity contribution >= 4 is 29.3 Å². The van der Waals surface area contributed by atoms with Gasteiger partial charge in [-0.05, 0) is 0 Å². The maximum Gasteiger partial charge on any atom is 1.00 e. The van der Waals surface area contributed by atoms with E-state index in [2.05, 4.69) is 22.9 Å². The summed E-state index contributed by atoms with van der Waals surface area (Å²) in [5.74, 6) is 0. The zero-order valence-corrected chi connectivity index (χ0v) is 14.7. The Morgan fingerprint density at radius 1 is 0.450 bits per heavy atom. The Balaban J connectivity index is -0.0000000267. The smallest absolute Gasteiger partial charge is 0.833 e. The normalized spacial score (nSPS) is 13.5. The first kappa shape index (κ1) is 49.5. The quantitative estimate of drug-likeness (QED) is 0.386. The Kier molecular flexibility index (Phi) is 56.9. The summed E-state index contributed by atoms with van der Waals surface area (Å²) in [5, 5.41) is 21.0. The van der Waals surface area contributed by atoms with Crippen molar-refractivity contribution in [2.24, 2.45) is 0 Å². The van der Waals surface area contributed by atoms with Crippen LogP contribution in [0.4, 0.5) is 0 Å². The van der Waals surface area contributed by atoms with Crippen LogP contribution >= 0.6 is 0 Å². The molecule has 0 atom stereocenters. The first-order valence-electron chi connectivity index (χ1n) is 2.83. The van der Waals surface area contributed by atoms with Gasteiger partial charge in [-0.3, -0.25) is 0 Å². The molecule has 0 aliphatic carbocycles. The first-order chi connectivity index (χ1) is 5.24. The zero-order chi connectivity index (χ0) is 7.84. The zero-order valence-electron chi connectivity index (χ0n) is 10.7. The van der Waals surface area contributed by atoms with E-state index in [4.69, 9.17) is 0 Å². The summed E-state index contributed by atoms with van der Waals surface area (Å²) >= 11 is 0. The third-order valence-corrected chi connectivity index (χ3v) is 1.11. The van der Waals surface area contributed by atoms with Gasteiger partial charge in [0.1, 0.15) is 0 Å². The SMILES string of the molecule is O.O.O.O.O.O.O.[Na+].[Na+].[O-]B1OB2OB([O-])OB(O1)O2. The van der Waals surface area contributed by atoms with Crippen LogP contribution in [0.15, 0.2) is 0 Å². The summed E-state index contributed by atoms with van der Waals surface area (Å²) < 4.78 is 21.9. The molecule has 112 valence electrons. The molecule has 0 saturated carbocycles. The summed E-state index contributed by atoms with van der Waals surface area (Å²) in [6.07, 6.45) is 0. The first-order valence-corrected chi connectivity index (χ1v) is 2.83. The maximum atomic E-state index is 10.5. The summed E-state index contributed by atoms with van der Waals surface area (Å²) in [6, 6.07) is 0. The van der Waals surface area contributed by atoms with Gasteiger partial charge in [-0.2, -0.15) is 0 Å². The molecule has 2 aliphatic heterocycles. The molecule has 2 fully saturated rings. The monoisotopic (exact) mass is 328 g/mol. The Labute approximate surface area is 158 Å². The average molecular weight is 327 g/mol. The van der Waals surface area contributed by atoms with E-state index in [1.54, 1.807) is 0 Å². The maximum absolute atomic E-state index is 10.5. The molecule has 2 heterocycles. The van der Waals surface area contributed by atoms with Gasteiger partial charge in [0.2, 0.25) is 0 Å². The van der Waals surface area contributed by atoms with Crippen molar-refractivity contribution < 1.29 is 130 Å². The fraction of sp³-hybridized carbons (Fsp3) is 0. The number of fused-ring (bicyclic) bond motifs is 2. The minimum atomic E-state index is -1.73. The van der Waals surface area contributed by atoms with Crippen LogP contribution in [-0.2, 0) is 22.9 Å². The Bertz CT molecular complexity index is 129. The average Bonchev–Trinajstić information content (AvgIpc) is 1.82. The van der Waals surface area contributed by atoms with Gasteiger partial charge < -0.3 is 71.2 Å². The fourth-order valence-electron chi connectivity index (χ4n) is 0.710. The molecule has 2 saturated heterocycles. The van der Waals surface area contributed by atoms with Crippen molar-refractivity contribution in [3.63, 3.8) is 0 Å². The van der Waals surface area contributed by atoms with E-state index in [1.165, 1.54) is 0 Å². The molecule has 0 aromatic heterocycles. The molecular weight excluding hydrogens is 313 g/mol. The van der Waals surface area contributed by atoms with Crippen LogP contribution in [0.3, 0.4) is 0 Å². The van der Waals surface area contributed by atoms with E-state index < -0.39 is 29.3 Å². The largest absolute Gasteiger partial charge is 1.00 e. The molecule has 2 aliphatic rings. The molecule has 0 aromatic carbocycles. The van der Waals surface area contributed by atoms with Gasteiger partial charge in [0.25, 0.3) is 0 Å². The van der Waals surface area contributed by atoms with Crippen LogP contribution in [-0.4, -0.2) is 67.6 Å². The van der Waals surface area contributed by atoms with E-state index in [0.717, 1.165) is 0 Å². The van der Waals surface area contributed by atoms with Gasteiger partial charge in [0.05, 0.1) is 0 Å². The van der Waals surface area contributed by atoms with E-state index in [1.807, 2.05) is 0 Å².